The Bertz CT molecular complexity index is 463. The summed E-state index contributed by atoms with van der Waals surface area (Å²) in [6.07, 6.45) is 1.67. The Labute approximate surface area is 117 Å². The summed E-state index contributed by atoms with van der Waals surface area (Å²) in [4.78, 5) is 0. The normalized spacial score (nSPS) is 11.4. The first-order valence-corrected chi connectivity index (χ1v) is 8.45. The summed E-state index contributed by atoms with van der Waals surface area (Å²) in [5, 5.41) is 3.18. The van der Waals surface area contributed by atoms with Gasteiger partial charge >= 0.3 is 0 Å². The molecule has 0 bridgehead atoms. The maximum atomic E-state index is 11.8. The predicted molar refractivity (Wildman–Crippen MR) is 79.3 cm³/mol. The molecular weight excluding hydrogens is 316 g/mol. The van der Waals surface area contributed by atoms with Gasteiger partial charge in [0.15, 0.2) is 0 Å². The number of halogens is 1. The average molecular weight is 335 g/mol. The minimum atomic E-state index is -3.26. The molecule has 2 N–H and O–H groups in total. The van der Waals surface area contributed by atoms with Crippen molar-refractivity contribution >= 4 is 31.6 Å². The predicted octanol–water partition coefficient (Wildman–Crippen LogP) is 2.58. The third-order valence-corrected chi connectivity index (χ3v) is 4.38. The molecule has 1 aromatic carbocycles. The van der Waals surface area contributed by atoms with Crippen LogP contribution < -0.4 is 10.0 Å². The third-order valence-electron chi connectivity index (χ3n) is 2.33. The van der Waals surface area contributed by atoms with Gasteiger partial charge in [-0.3, -0.25) is 4.72 Å². The van der Waals surface area contributed by atoms with Crippen LogP contribution in [-0.2, 0) is 10.0 Å². The molecule has 0 atom stereocenters. The molecule has 0 radical (unpaired) electrons. The Morgan fingerprint density at radius 3 is 2.61 bits per heavy atom. The molecule has 0 aliphatic carbocycles. The van der Waals surface area contributed by atoms with Gasteiger partial charge in [-0.2, -0.15) is 0 Å². The first-order chi connectivity index (χ1) is 8.55. The van der Waals surface area contributed by atoms with Crippen molar-refractivity contribution in [2.45, 2.75) is 19.8 Å². The van der Waals surface area contributed by atoms with Crippen molar-refractivity contribution in [3.8, 4) is 0 Å². The highest BCUT2D eigenvalue weighted by Crippen LogP contribution is 2.22. The first kappa shape index (κ1) is 15.5. The fraction of sp³-hybridized carbons (Fsp3) is 0.500. The zero-order chi connectivity index (χ0) is 13.4. The topological polar surface area (TPSA) is 58.2 Å². The number of nitrogens with one attached hydrogen (secondary N) is 2. The van der Waals surface area contributed by atoms with E-state index in [1.54, 1.807) is 18.2 Å². The molecule has 0 saturated heterocycles. The van der Waals surface area contributed by atoms with E-state index in [0.717, 1.165) is 24.0 Å². The second-order valence-corrected chi connectivity index (χ2v) is 6.70. The first-order valence-electron chi connectivity index (χ1n) is 6.01. The molecule has 6 heteroatoms. The molecule has 1 aromatic rings. The summed E-state index contributed by atoms with van der Waals surface area (Å²) in [6, 6.07) is 7.18. The van der Waals surface area contributed by atoms with Crippen molar-refractivity contribution < 1.29 is 8.42 Å². The van der Waals surface area contributed by atoms with Crippen LogP contribution in [0.1, 0.15) is 19.8 Å². The van der Waals surface area contributed by atoms with Crippen LogP contribution >= 0.6 is 15.9 Å². The van der Waals surface area contributed by atoms with Crippen molar-refractivity contribution in [3.05, 3.63) is 28.7 Å². The molecule has 0 spiro atoms. The number of sulfonamides is 1. The Balaban J connectivity index is 2.43. The summed E-state index contributed by atoms with van der Waals surface area (Å²) in [5.74, 6) is 0.130. The van der Waals surface area contributed by atoms with Gasteiger partial charge in [-0.15, -0.1) is 0 Å². The summed E-state index contributed by atoms with van der Waals surface area (Å²) in [5.41, 5.74) is 0.582. The number of hydrogen-bond donors (Lipinski definition) is 2. The molecule has 1 rings (SSSR count). The Morgan fingerprint density at radius 2 is 1.94 bits per heavy atom. The quantitative estimate of drug-likeness (QED) is 0.718. The van der Waals surface area contributed by atoms with Gasteiger partial charge in [0.05, 0.1) is 11.4 Å². The van der Waals surface area contributed by atoms with Crippen LogP contribution in [0.25, 0.3) is 0 Å². The van der Waals surface area contributed by atoms with Gasteiger partial charge in [0, 0.05) is 4.47 Å². The summed E-state index contributed by atoms with van der Waals surface area (Å²) >= 11 is 3.31. The van der Waals surface area contributed by atoms with E-state index in [4.69, 9.17) is 0 Å². The van der Waals surface area contributed by atoms with Crippen LogP contribution in [0.3, 0.4) is 0 Å². The highest BCUT2D eigenvalue weighted by Gasteiger charge is 2.11. The van der Waals surface area contributed by atoms with Crippen molar-refractivity contribution in [2.75, 3.05) is 23.6 Å². The number of hydrogen-bond acceptors (Lipinski definition) is 3. The van der Waals surface area contributed by atoms with Crippen LogP contribution in [-0.4, -0.2) is 27.3 Å². The lowest BCUT2D eigenvalue weighted by Gasteiger charge is -2.09. The Kier molecular flexibility index (Phi) is 6.67. The Hall–Kier alpha value is -0.590. The van der Waals surface area contributed by atoms with E-state index in [1.165, 1.54) is 0 Å². The Morgan fingerprint density at radius 1 is 1.22 bits per heavy atom. The van der Waals surface area contributed by atoms with Gasteiger partial charge in [0.1, 0.15) is 0 Å². The van der Waals surface area contributed by atoms with Gasteiger partial charge in [0.25, 0.3) is 0 Å². The molecule has 0 aliphatic heterocycles. The maximum absolute atomic E-state index is 11.8. The summed E-state index contributed by atoms with van der Waals surface area (Å²) in [7, 11) is -3.26. The number of para-hydroxylation sites is 1. The SMILES string of the molecule is CCCNCCCS(=O)(=O)Nc1ccccc1Br. The lowest BCUT2D eigenvalue weighted by molar-refractivity contribution is 0.593. The van der Waals surface area contributed by atoms with Gasteiger partial charge < -0.3 is 5.32 Å². The summed E-state index contributed by atoms with van der Waals surface area (Å²) in [6.45, 7) is 3.74. The number of anilines is 1. The van der Waals surface area contributed by atoms with Crippen LogP contribution in [0, 0.1) is 0 Å². The van der Waals surface area contributed by atoms with Crippen molar-refractivity contribution in [1.29, 1.82) is 0 Å². The van der Waals surface area contributed by atoms with E-state index in [9.17, 15) is 8.42 Å². The van der Waals surface area contributed by atoms with E-state index in [0.29, 0.717) is 12.1 Å². The largest absolute Gasteiger partial charge is 0.317 e. The second kappa shape index (κ2) is 7.76. The lowest BCUT2D eigenvalue weighted by atomic mass is 10.3. The fourth-order valence-corrected chi connectivity index (χ4v) is 3.11. The molecule has 0 aliphatic rings. The van der Waals surface area contributed by atoms with E-state index >= 15 is 0 Å². The average Bonchev–Trinajstić information content (AvgIpc) is 2.31. The molecule has 0 fully saturated rings. The van der Waals surface area contributed by atoms with Gasteiger partial charge in [-0.05, 0) is 54.0 Å². The number of rotatable bonds is 8. The van der Waals surface area contributed by atoms with E-state index in [2.05, 4.69) is 32.9 Å². The molecule has 4 nitrogen and oxygen atoms in total. The molecule has 0 heterocycles. The number of benzene rings is 1. The molecule has 18 heavy (non-hydrogen) atoms. The second-order valence-electron chi connectivity index (χ2n) is 4.00. The minimum Gasteiger partial charge on any atom is -0.317 e. The molecule has 0 amide bonds. The van der Waals surface area contributed by atoms with Crippen molar-refractivity contribution in [1.82, 2.24) is 5.32 Å². The molecule has 0 unspecified atom stereocenters. The zero-order valence-corrected chi connectivity index (χ0v) is 12.9. The van der Waals surface area contributed by atoms with E-state index in [-0.39, 0.29) is 5.75 Å². The monoisotopic (exact) mass is 334 g/mol. The standard InChI is InChI=1S/C12H19BrN2O2S/c1-2-8-14-9-5-10-18(16,17)15-12-7-4-3-6-11(12)13/h3-4,6-7,14-15H,2,5,8-10H2,1H3. The van der Waals surface area contributed by atoms with Crippen LogP contribution in [0.5, 0.6) is 0 Å². The highest BCUT2D eigenvalue weighted by molar-refractivity contribution is 9.10. The zero-order valence-electron chi connectivity index (χ0n) is 10.4. The highest BCUT2D eigenvalue weighted by atomic mass is 79.9. The fourth-order valence-electron chi connectivity index (χ4n) is 1.45. The lowest BCUT2D eigenvalue weighted by Crippen LogP contribution is -2.22. The van der Waals surface area contributed by atoms with Crippen molar-refractivity contribution in [3.63, 3.8) is 0 Å². The smallest absolute Gasteiger partial charge is 0.232 e. The third kappa shape index (κ3) is 5.84. The van der Waals surface area contributed by atoms with Gasteiger partial charge in [-0.1, -0.05) is 19.1 Å². The van der Waals surface area contributed by atoms with E-state index in [1.807, 2.05) is 6.07 Å². The summed E-state index contributed by atoms with van der Waals surface area (Å²) < 4.78 is 27.0. The molecule has 0 aromatic heterocycles. The van der Waals surface area contributed by atoms with Gasteiger partial charge in [-0.25, -0.2) is 8.42 Å². The maximum Gasteiger partial charge on any atom is 0.232 e. The van der Waals surface area contributed by atoms with Crippen LogP contribution in [0.4, 0.5) is 5.69 Å². The van der Waals surface area contributed by atoms with Crippen molar-refractivity contribution in [2.24, 2.45) is 0 Å². The molecule has 102 valence electrons. The molecular formula is C12H19BrN2O2S. The van der Waals surface area contributed by atoms with Crippen LogP contribution in [0.2, 0.25) is 0 Å². The molecule has 0 saturated carbocycles. The van der Waals surface area contributed by atoms with Crippen LogP contribution in [0.15, 0.2) is 28.7 Å². The van der Waals surface area contributed by atoms with Gasteiger partial charge in [0.2, 0.25) is 10.0 Å². The minimum absolute atomic E-state index is 0.130. The van der Waals surface area contributed by atoms with E-state index < -0.39 is 10.0 Å².